The van der Waals surface area contributed by atoms with Gasteiger partial charge in [-0.3, -0.25) is 4.90 Å². The minimum atomic E-state index is 0.873. The summed E-state index contributed by atoms with van der Waals surface area (Å²) in [7, 11) is 3.89. The summed E-state index contributed by atoms with van der Waals surface area (Å²) >= 11 is 0. The predicted molar refractivity (Wildman–Crippen MR) is 35.1 cm³/mol. The summed E-state index contributed by atoms with van der Waals surface area (Å²) in [6.45, 7) is 0. The van der Waals surface area contributed by atoms with Crippen molar-refractivity contribution in [1.29, 1.82) is 0 Å². The molecule has 3 nitrogen and oxygen atoms in total. The summed E-state index contributed by atoms with van der Waals surface area (Å²) in [5.74, 6) is 0.873. The van der Waals surface area contributed by atoms with Gasteiger partial charge in [0.15, 0.2) is 0 Å². The molecule has 1 aromatic rings. The van der Waals surface area contributed by atoms with Crippen LogP contribution in [0.3, 0.4) is 0 Å². The zero-order valence-electron chi connectivity index (χ0n) is 5.63. The van der Waals surface area contributed by atoms with Gasteiger partial charge in [-0.25, -0.2) is 4.98 Å². The van der Waals surface area contributed by atoms with Gasteiger partial charge in [-0.05, 0) is 0 Å². The molecule has 0 radical (unpaired) electrons. The molecule has 0 fully saturated rings. The third-order valence-corrected chi connectivity index (χ3v) is 1.02. The van der Waals surface area contributed by atoms with Gasteiger partial charge in [-0.1, -0.05) is 4.98 Å². The lowest BCUT2D eigenvalue weighted by molar-refractivity contribution is -0.367. The normalized spacial score (nSPS) is 9.11. The standard InChI is InChI=1S/C6H9N3/c1-9(2)6-7-4-3-5-8-6/h3-5H,1-2H3/p+1. The number of aromatic nitrogens is 2. The Hall–Kier alpha value is -1.12. The SMILES string of the molecule is CN(C)c1nccc[nH+]1. The van der Waals surface area contributed by atoms with E-state index >= 15 is 0 Å². The van der Waals surface area contributed by atoms with Crippen molar-refractivity contribution in [3.8, 4) is 0 Å². The van der Waals surface area contributed by atoms with Crippen LogP contribution in [-0.4, -0.2) is 19.1 Å². The number of anilines is 1. The fourth-order valence-corrected chi connectivity index (χ4v) is 0.561. The number of nitrogens with zero attached hydrogens (tertiary/aromatic N) is 2. The van der Waals surface area contributed by atoms with Gasteiger partial charge in [-0.15, -0.1) is 0 Å². The molecule has 0 saturated heterocycles. The van der Waals surface area contributed by atoms with Crippen LogP contribution in [0.2, 0.25) is 0 Å². The highest BCUT2D eigenvalue weighted by atomic mass is 15.2. The molecule has 0 bridgehead atoms. The van der Waals surface area contributed by atoms with Crippen LogP contribution in [0.4, 0.5) is 5.95 Å². The van der Waals surface area contributed by atoms with Crippen LogP contribution in [0.15, 0.2) is 18.5 Å². The van der Waals surface area contributed by atoms with Crippen LogP contribution >= 0.6 is 0 Å². The Balaban J connectivity index is 2.85. The minimum absolute atomic E-state index is 0.873. The third kappa shape index (κ3) is 1.38. The van der Waals surface area contributed by atoms with Crippen LogP contribution < -0.4 is 9.88 Å². The van der Waals surface area contributed by atoms with E-state index in [9.17, 15) is 0 Å². The monoisotopic (exact) mass is 124 g/mol. The maximum absolute atomic E-state index is 4.05. The van der Waals surface area contributed by atoms with Crippen molar-refractivity contribution in [3.63, 3.8) is 0 Å². The van der Waals surface area contributed by atoms with E-state index in [0.717, 1.165) is 5.95 Å². The van der Waals surface area contributed by atoms with E-state index in [2.05, 4.69) is 9.97 Å². The van der Waals surface area contributed by atoms with Crippen LogP contribution in [0.1, 0.15) is 0 Å². The summed E-state index contributed by atoms with van der Waals surface area (Å²) < 4.78 is 0. The van der Waals surface area contributed by atoms with Gasteiger partial charge >= 0.3 is 5.95 Å². The predicted octanol–water partition coefficient (Wildman–Crippen LogP) is -0.0383. The lowest BCUT2D eigenvalue weighted by atomic mass is 10.7. The number of hydrogen-bond donors (Lipinski definition) is 0. The molecule has 0 saturated carbocycles. The summed E-state index contributed by atoms with van der Waals surface area (Å²) in [6, 6.07) is 1.85. The zero-order chi connectivity index (χ0) is 6.69. The van der Waals surface area contributed by atoms with Crippen LogP contribution in [0.5, 0.6) is 0 Å². The Kier molecular flexibility index (Phi) is 1.63. The summed E-state index contributed by atoms with van der Waals surface area (Å²) in [4.78, 5) is 8.95. The lowest BCUT2D eigenvalue weighted by Gasteiger charge is -1.98. The van der Waals surface area contributed by atoms with Crippen LogP contribution in [0, 0.1) is 0 Å². The first-order valence-electron chi connectivity index (χ1n) is 2.81. The fraction of sp³-hybridized carbons (Fsp3) is 0.333. The largest absolute Gasteiger partial charge is 0.390 e. The number of nitrogens with one attached hydrogen (secondary N) is 1. The maximum atomic E-state index is 4.05. The number of rotatable bonds is 1. The fourth-order valence-electron chi connectivity index (χ4n) is 0.561. The highest BCUT2D eigenvalue weighted by Crippen LogP contribution is 1.90. The molecule has 1 heterocycles. The van der Waals surface area contributed by atoms with E-state index in [4.69, 9.17) is 0 Å². The Bertz CT molecular complexity index is 171. The van der Waals surface area contributed by atoms with Crippen LogP contribution in [0.25, 0.3) is 0 Å². The minimum Gasteiger partial charge on any atom is -0.267 e. The van der Waals surface area contributed by atoms with Crippen molar-refractivity contribution in [3.05, 3.63) is 18.5 Å². The Morgan fingerprint density at radius 1 is 1.56 bits per heavy atom. The summed E-state index contributed by atoms with van der Waals surface area (Å²) in [6.07, 6.45) is 3.61. The molecule has 0 aliphatic rings. The average Bonchev–Trinajstić information content (AvgIpc) is 1.90. The van der Waals surface area contributed by atoms with E-state index in [1.165, 1.54) is 0 Å². The van der Waals surface area contributed by atoms with Crippen molar-refractivity contribution < 1.29 is 4.98 Å². The molecule has 0 aromatic carbocycles. The number of H-pyrrole nitrogens is 1. The first-order valence-corrected chi connectivity index (χ1v) is 2.81. The van der Waals surface area contributed by atoms with Gasteiger partial charge in [0.2, 0.25) is 0 Å². The average molecular weight is 124 g/mol. The van der Waals surface area contributed by atoms with E-state index in [1.54, 1.807) is 6.20 Å². The van der Waals surface area contributed by atoms with Crippen molar-refractivity contribution in [2.45, 2.75) is 0 Å². The Morgan fingerprint density at radius 3 is 2.67 bits per heavy atom. The van der Waals surface area contributed by atoms with E-state index < -0.39 is 0 Å². The first kappa shape index (κ1) is 6.01. The van der Waals surface area contributed by atoms with Gasteiger partial charge < -0.3 is 0 Å². The second kappa shape index (κ2) is 2.44. The third-order valence-electron chi connectivity index (χ3n) is 1.02. The molecule has 0 unspecified atom stereocenters. The molecule has 0 atom stereocenters. The van der Waals surface area contributed by atoms with Gasteiger partial charge in [0.05, 0.1) is 20.3 Å². The Morgan fingerprint density at radius 2 is 2.33 bits per heavy atom. The topological polar surface area (TPSA) is 30.3 Å². The smallest absolute Gasteiger partial charge is 0.267 e. The lowest BCUT2D eigenvalue weighted by Crippen LogP contribution is -2.21. The maximum Gasteiger partial charge on any atom is 0.390 e. The first-order chi connectivity index (χ1) is 4.30. The second-order valence-corrected chi connectivity index (χ2v) is 2.00. The van der Waals surface area contributed by atoms with Crippen molar-refractivity contribution >= 4 is 5.95 Å². The molecule has 1 aromatic heterocycles. The van der Waals surface area contributed by atoms with Gasteiger partial charge in [0, 0.05) is 6.07 Å². The van der Waals surface area contributed by atoms with Crippen molar-refractivity contribution in [2.75, 3.05) is 19.0 Å². The van der Waals surface area contributed by atoms with E-state index in [1.807, 2.05) is 31.3 Å². The molecule has 3 heteroatoms. The molecule has 0 aliphatic carbocycles. The van der Waals surface area contributed by atoms with E-state index in [0.29, 0.717) is 0 Å². The molecule has 1 rings (SSSR count). The highest BCUT2D eigenvalue weighted by Gasteiger charge is 2.01. The summed E-state index contributed by atoms with van der Waals surface area (Å²) in [5.41, 5.74) is 0. The van der Waals surface area contributed by atoms with Gasteiger partial charge in [0.1, 0.15) is 6.20 Å². The molecule has 48 valence electrons. The Labute approximate surface area is 54.4 Å². The van der Waals surface area contributed by atoms with Crippen molar-refractivity contribution in [2.24, 2.45) is 0 Å². The van der Waals surface area contributed by atoms with Crippen molar-refractivity contribution in [1.82, 2.24) is 4.98 Å². The van der Waals surface area contributed by atoms with Gasteiger partial charge in [-0.2, -0.15) is 0 Å². The van der Waals surface area contributed by atoms with Gasteiger partial charge in [0.25, 0.3) is 0 Å². The number of hydrogen-bond acceptors (Lipinski definition) is 2. The molecule has 9 heavy (non-hydrogen) atoms. The molecular weight excluding hydrogens is 114 g/mol. The second-order valence-electron chi connectivity index (χ2n) is 2.00. The number of aromatic amines is 1. The quantitative estimate of drug-likeness (QED) is 0.526. The molecule has 0 amide bonds. The highest BCUT2D eigenvalue weighted by molar-refractivity contribution is 5.16. The van der Waals surface area contributed by atoms with Crippen LogP contribution in [-0.2, 0) is 0 Å². The molecule has 0 aliphatic heterocycles. The molecule has 0 spiro atoms. The summed E-state index contributed by atoms with van der Waals surface area (Å²) in [5, 5.41) is 0. The van der Waals surface area contributed by atoms with E-state index in [-0.39, 0.29) is 0 Å². The molecule has 1 N–H and O–H groups in total. The molecular formula is C6H10N3+. The zero-order valence-corrected chi connectivity index (χ0v) is 5.63.